The second-order valence-corrected chi connectivity index (χ2v) is 6.50. The lowest BCUT2D eigenvalue weighted by Gasteiger charge is -2.15. The topological polar surface area (TPSA) is 92.1 Å². The van der Waals surface area contributed by atoms with Crippen LogP contribution >= 0.6 is 11.8 Å². The van der Waals surface area contributed by atoms with Crippen LogP contribution in [-0.2, 0) is 9.53 Å². The fourth-order valence-corrected chi connectivity index (χ4v) is 2.77. The third-order valence-corrected chi connectivity index (χ3v) is 4.41. The summed E-state index contributed by atoms with van der Waals surface area (Å²) >= 11 is 1.33. The minimum absolute atomic E-state index is 0.189. The smallest absolute Gasteiger partial charge is 0.340 e. The van der Waals surface area contributed by atoms with Gasteiger partial charge in [0, 0.05) is 18.2 Å². The molecule has 1 aliphatic carbocycles. The van der Waals surface area contributed by atoms with Crippen LogP contribution in [0.5, 0.6) is 0 Å². The van der Waals surface area contributed by atoms with Gasteiger partial charge in [0.2, 0.25) is 0 Å². The number of nitrogens with one attached hydrogen (secondary N) is 1. The van der Waals surface area contributed by atoms with Gasteiger partial charge in [0.1, 0.15) is 11.1 Å². The molecule has 128 valence electrons. The summed E-state index contributed by atoms with van der Waals surface area (Å²) in [4.78, 5) is 28.8. The number of amides is 1. The fourth-order valence-electron chi connectivity index (χ4n) is 2.22. The number of carbonyl (C=O) groups excluding carboxylic acids is 2. The lowest BCUT2D eigenvalue weighted by Crippen LogP contribution is -2.36. The van der Waals surface area contributed by atoms with Crippen LogP contribution in [-0.4, -0.2) is 35.8 Å². The van der Waals surface area contributed by atoms with Crippen molar-refractivity contribution >= 4 is 23.6 Å². The summed E-state index contributed by atoms with van der Waals surface area (Å²) in [7, 11) is 0. The molecule has 1 aliphatic rings. The van der Waals surface area contributed by atoms with Gasteiger partial charge in [-0.25, -0.2) is 9.78 Å². The summed E-state index contributed by atoms with van der Waals surface area (Å²) in [5, 5.41) is 12.6. The van der Waals surface area contributed by atoms with E-state index in [9.17, 15) is 14.9 Å². The first-order chi connectivity index (χ1) is 11.5. The highest BCUT2D eigenvalue weighted by atomic mass is 32.2. The van der Waals surface area contributed by atoms with E-state index >= 15 is 0 Å². The van der Waals surface area contributed by atoms with Gasteiger partial charge in [0.05, 0.1) is 11.1 Å². The molecule has 0 aliphatic heterocycles. The minimum Gasteiger partial charge on any atom is -0.449 e. The average molecular weight is 347 g/mol. The highest BCUT2D eigenvalue weighted by Gasteiger charge is 2.29. The molecular weight excluding hydrogens is 326 g/mol. The maximum absolute atomic E-state index is 12.5. The molecule has 1 aromatic rings. The maximum atomic E-state index is 12.5. The monoisotopic (exact) mass is 347 g/mol. The molecule has 2 rings (SSSR count). The molecule has 0 radical (unpaired) electrons. The first-order valence-electron chi connectivity index (χ1n) is 7.99. The van der Waals surface area contributed by atoms with Crippen molar-refractivity contribution in [1.82, 2.24) is 10.3 Å². The van der Waals surface area contributed by atoms with E-state index in [-0.39, 0.29) is 17.0 Å². The van der Waals surface area contributed by atoms with Crippen LogP contribution in [0.4, 0.5) is 0 Å². The Labute approximate surface area is 146 Å². The van der Waals surface area contributed by atoms with Crippen LogP contribution in [0.3, 0.4) is 0 Å². The van der Waals surface area contributed by atoms with Crippen molar-refractivity contribution in [2.24, 2.45) is 0 Å². The van der Waals surface area contributed by atoms with Gasteiger partial charge in [-0.15, -0.1) is 11.8 Å². The van der Waals surface area contributed by atoms with Gasteiger partial charge in [-0.05, 0) is 38.5 Å². The number of aromatic nitrogens is 1. The van der Waals surface area contributed by atoms with Crippen LogP contribution in [0.1, 0.15) is 60.6 Å². The number of rotatable bonds is 7. The van der Waals surface area contributed by atoms with E-state index < -0.39 is 12.1 Å². The van der Waals surface area contributed by atoms with Gasteiger partial charge in [-0.3, -0.25) is 4.79 Å². The largest absolute Gasteiger partial charge is 0.449 e. The highest BCUT2D eigenvalue weighted by molar-refractivity contribution is 7.98. The standard InChI is InChI=1S/C17H21N3O3S/c1-4-7-19-15(21)10(2)23-17(22)12-8-14(11-5-6-11)20-16(24-3)13(12)9-18/h8,10-11H,4-7H2,1-3H3,(H,19,21)/t10-/m0/s1. The first-order valence-corrected chi connectivity index (χ1v) is 9.22. The molecule has 1 saturated carbocycles. The number of carbonyl (C=O) groups is 2. The number of nitrogens with zero attached hydrogens (tertiary/aromatic N) is 2. The Balaban J connectivity index is 2.23. The van der Waals surface area contributed by atoms with E-state index in [4.69, 9.17) is 4.74 Å². The number of thioether (sulfide) groups is 1. The number of hydrogen-bond donors (Lipinski definition) is 1. The number of nitriles is 1. The lowest BCUT2D eigenvalue weighted by atomic mass is 10.1. The van der Waals surface area contributed by atoms with Crippen LogP contribution in [0, 0.1) is 11.3 Å². The Morgan fingerprint density at radius 3 is 2.79 bits per heavy atom. The molecule has 24 heavy (non-hydrogen) atoms. The zero-order valence-corrected chi connectivity index (χ0v) is 14.9. The molecule has 6 nitrogen and oxygen atoms in total. The molecule has 0 spiro atoms. The van der Waals surface area contributed by atoms with Gasteiger partial charge >= 0.3 is 5.97 Å². The van der Waals surface area contributed by atoms with Gasteiger partial charge < -0.3 is 10.1 Å². The van der Waals surface area contributed by atoms with Crippen molar-refractivity contribution in [3.63, 3.8) is 0 Å². The van der Waals surface area contributed by atoms with E-state index in [1.54, 1.807) is 6.07 Å². The van der Waals surface area contributed by atoms with Gasteiger partial charge in [-0.1, -0.05) is 6.92 Å². The zero-order chi connectivity index (χ0) is 17.7. The van der Waals surface area contributed by atoms with Crippen molar-refractivity contribution in [2.75, 3.05) is 12.8 Å². The molecule has 0 unspecified atom stereocenters. The second-order valence-electron chi connectivity index (χ2n) is 5.70. The summed E-state index contributed by atoms with van der Waals surface area (Å²) in [6.07, 6.45) is 3.78. The molecule has 0 bridgehead atoms. The molecule has 1 atom stereocenters. The van der Waals surface area contributed by atoms with Crippen LogP contribution in [0.15, 0.2) is 11.1 Å². The summed E-state index contributed by atoms with van der Waals surface area (Å²) < 4.78 is 5.25. The van der Waals surface area contributed by atoms with Crippen molar-refractivity contribution in [3.8, 4) is 6.07 Å². The molecule has 1 aromatic heterocycles. The quantitative estimate of drug-likeness (QED) is 0.602. The van der Waals surface area contributed by atoms with Crippen LogP contribution in [0.2, 0.25) is 0 Å². The minimum atomic E-state index is -0.911. The van der Waals surface area contributed by atoms with E-state index in [1.165, 1.54) is 18.7 Å². The fraction of sp³-hybridized carbons (Fsp3) is 0.529. The summed E-state index contributed by atoms with van der Waals surface area (Å²) in [6, 6.07) is 3.67. The number of hydrogen-bond acceptors (Lipinski definition) is 6. The first kappa shape index (κ1) is 18.3. The Bertz CT molecular complexity index is 680. The van der Waals surface area contributed by atoms with Gasteiger partial charge in [0.25, 0.3) is 5.91 Å². The van der Waals surface area contributed by atoms with Crippen molar-refractivity contribution in [1.29, 1.82) is 5.26 Å². The number of esters is 1. The molecule has 0 aromatic carbocycles. The molecule has 0 saturated heterocycles. The molecule has 7 heteroatoms. The molecule has 1 fully saturated rings. The van der Waals surface area contributed by atoms with E-state index in [1.807, 2.05) is 19.2 Å². The zero-order valence-electron chi connectivity index (χ0n) is 14.1. The predicted octanol–water partition coefficient (Wildman–Crippen LogP) is 2.62. The van der Waals surface area contributed by atoms with Crippen molar-refractivity contribution < 1.29 is 14.3 Å². The normalized spacial score (nSPS) is 14.6. The summed E-state index contributed by atoms with van der Waals surface area (Å²) in [5.74, 6) is -0.656. The predicted molar refractivity (Wildman–Crippen MR) is 90.9 cm³/mol. The van der Waals surface area contributed by atoms with Crippen molar-refractivity contribution in [3.05, 3.63) is 22.9 Å². The molecule has 1 heterocycles. The average Bonchev–Trinajstić information content (AvgIpc) is 3.43. The third kappa shape index (κ3) is 4.26. The Morgan fingerprint density at radius 1 is 1.54 bits per heavy atom. The Kier molecular flexibility index (Phi) is 6.21. The van der Waals surface area contributed by atoms with Crippen LogP contribution in [0.25, 0.3) is 0 Å². The maximum Gasteiger partial charge on any atom is 0.340 e. The SMILES string of the molecule is CCCNC(=O)[C@H](C)OC(=O)c1cc(C2CC2)nc(SC)c1C#N. The molecular formula is C17H21N3O3S. The number of ether oxygens (including phenoxy) is 1. The second kappa shape index (κ2) is 8.15. The van der Waals surface area contributed by atoms with E-state index in [2.05, 4.69) is 10.3 Å². The highest BCUT2D eigenvalue weighted by Crippen LogP contribution is 2.40. The molecule has 1 N–H and O–H groups in total. The van der Waals surface area contributed by atoms with Gasteiger partial charge in [0.15, 0.2) is 6.10 Å². The third-order valence-electron chi connectivity index (χ3n) is 3.73. The van der Waals surface area contributed by atoms with Crippen molar-refractivity contribution in [2.45, 2.75) is 50.2 Å². The Hall–Kier alpha value is -2.07. The number of pyridine rings is 1. The van der Waals surface area contributed by atoms with Gasteiger partial charge in [-0.2, -0.15) is 5.26 Å². The molecule has 1 amide bonds. The summed E-state index contributed by atoms with van der Waals surface area (Å²) in [5.41, 5.74) is 1.21. The Morgan fingerprint density at radius 2 is 2.25 bits per heavy atom. The van der Waals surface area contributed by atoms with E-state index in [0.717, 1.165) is 25.0 Å². The summed E-state index contributed by atoms with van der Waals surface area (Å²) in [6.45, 7) is 3.99. The van der Waals surface area contributed by atoms with E-state index in [0.29, 0.717) is 17.5 Å². The lowest BCUT2D eigenvalue weighted by molar-refractivity contribution is -0.129. The van der Waals surface area contributed by atoms with Crippen LogP contribution < -0.4 is 5.32 Å².